The first-order valence-corrected chi connectivity index (χ1v) is 13.6. The molecule has 3 rings (SSSR count). The van der Waals surface area contributed by atoms with Gasteiger partial charge in [0.1, 0.15) is 29.8 Å². The number of aliphatic hydroxyl groups is 1. The Hall–Kier alpha value is -2.38. The number of alkyl halides is 2. The molecule has 2 unspecified atom stereocenters. The molecule has 0 spiro atoms. The van der Waals surface area contributed by atoms with Crippen LogP contribution in [0.4, 0.5) is 4.39 Å². The fourth-order valence-electron chi connectivity index (χ4n) is 3.43. The smallest absolute Gasteiger partial charge is 0.413 e. The molecule has 0 aliphatic carbocycles. The number of aliphatic hydroxyl groups excluding tert-OH is 1. The fraction of sp³-hybridized carbons (Fsp3) is 0.522. The first kappa shape index (κ1) is 30.2. The van der Waals surface area contributed by atoms with Crippen molar-refractivity contribution in [2.75, 3.05) is 13.2 Å². The molecule has 0 radical (unpaired) electrons. The molecule has 2 heterocycles. The molecule has 210 valence electrons. The first-order valence-electron chi connectivity index (χ1n) is 11.7. The number of hydrogen-bond donors (Lipinski definition) is 3. The largest absolute Gasteiger partial charge is 0.459 e. The van der Waals surface area contributed by atoms with Crippen molar-refractivity contribution in [2.45, 2.75) is 62.4 Å². The highest BCUT2D eigenvalue weighted by Crippen LogP contribution is 2.49. The van der Waals surface area contributed by atoms with Crippen molar-refractivity contribution in [2.24, 2.45) is 0 Å². The molecule has 38 heavy (non-hydrogen) atoms. The van der Waals surface area contributed by atoms with Gasteiger partial charge in [-0.2, -0.15) is 5.09 Å². The Bertz CT molecular complexity index is 1260. The van der Waals surface area contributed by atoms with Gasteiger partial charge in [0.2, 0.25) is 0 Å². The highest BCUT2D eigenvalue weighted by molar-refractivity contribution is 7.52. The Morgan fingerprint density at radius 2 is 2.05 bits per heavy atom. The Kier molecular flexibility index (Phi) is 9.69. The van der Waals surface area contributed by atoms with Gasteiger partial charge < -0.3 is 23.9 Å². The van der Waals surface area contributed by atoms with Gasteiger partial charge in [0.05, 0.1) is 19.3 Å². The number of H-pyrrole nitrogens is 1. The average molecular weight is 578 g/mol. The Morgan fingerprint density at radius 1 is 1.37 bits per heavy atom. The number of para-hydroxylation sites is 1. The zero-order valence-corrected chi connectivity index (χ0v) is 22.6. The minimum atomic E-state index is -4.41. The van der Waals surface area contributed by atoms with Gasteiger partial charge in [-0.1, -0.05) is 36.7 Å². The molecule has 3 N–H and O–H groups in total. The SMILES string of the molecule is CC[C@H](C)OCC(C)(C=O)NP(=O)(OC[C@H]1O[C@H](n2ccc(=O)[nH]c2=O)[C@@](F)(Cl)[C@@H]1O)Oc1ccccc1. The number of nitrogens with one attached hydrogen (secondary N) is 2. The molecular weight excluding hydrogens is 548 g/mol. The maximum atomic E-state index is 15.3. The molecule has 15 heteroatoms. The number of nitrogens with zero attached hydrogens (tertiary/aromatic N) is 1. The van der Waals surface area contributed by atoms with Gasteiger partial charge in [-0.05, 0) is 32.4 Å². The lowest BCUT2D eigenvalue weighted by molar-refractivity contribution is -0.115. The highest BCUT2D eigenvalue weighted by Gasteiger charge is 2.58. The summed E-state index contributed by atoms with van der Waals surface area (Å²) in [4.78, 5) is 37.4. The standard InChI is InChI=1S/C23H30ClFN3O9P/c1-4-15(2)34-14-22(3,13-29)27-38(33,37-16-8-6-5-7-9-16)35-12-17-19(31)23(24,25)20(36-17)28-11-10-18(30)26-21(28)32/h5-11,13,15,17,19-20,31H,4,12,14H2,1-3H3,(H,27,33)(H,26,30,32)/t15-,17+,19+,20-,22?,23+,38?/m0/s1. The topological polar surface area (TPSA) is 158 Å². The van der Waals surface area contributed by atoms with Crippen LogP contribution in [0, 0.1) is 0 Å². The van der Waals surface area contributed by atoms with Crippen LogP contribution in [0.25, 0.3) is 0 Å². The number of carbonyl (C=O) groups is 1. The highest BCUT2D eigenvalue weighted by atomic mass is 35.5. The van der Waals surface area contributed by atoms with E-state index in [0.29, 0.717) is 17.3 Å². The fourth-order valence-corrected chi connectivity index (χ4v) is 5.38. The normalized spacial score (nSPS) is 27.3. The second kappa shape index (κ2) is 12.2. The third-order valence-electron chi connectivity index (χ3n) is 5.76. The number of aromatic nitrogens is 2. The summed E-state index contributed by atoms with van der Waals surface area (Å²) >= 11 is 5.89. The lowest BCUT2D eigenvalue weighted by Gasteiger charge is -2.31. The van der Waals surface area contributed by atoms with E-state index in [1.165, 1.54) is 19.1 Å². The first-order chi connectivity index (χ1) is 17.8. The summed E-state index contributed by atoms with van der Waals surface area (Å²) in [5.74, 6) is 0.127. The van der Waals surface area contributed by atoms with Gasteiger partial charge in [0.15, 0.2) is 6.23 Å². The molecule has 0 amide bonds. The number of hydrogen-bond acceptors (Lipinski definition) is 9. The van der Waals surface area contributed by atoms with Crippen molar-refractivity contribution >= 4 is 25.6 Å². The molecule has 1 aromatic heterocycles. The van der Waals surface area contributed by atoms with Crippen LogP contribution in [0.2, 0.25) is 0 Å². The zero-order valence-electron chi connectivity index (χ0n) is 20.9. The van der Waals surface area contributed by atoms with E-state index in [9.17, 15) is 24.1 Å². The molecule has 1 fully saturated rings. The summed E-state index contributed by atoms with van der Waals surface area (Å²) in [5, 5.41) is 10.0. The summed E-state index contributed by atoms with van der Waals surface area (Å²) in [6.45, 7) is 4.22. The van der Waals surface area contributed by atoms with Crippen LogP contribution in [0.1, 0.15) is 33.4 Å². The van der Waals surface area contributed by atoms with E-state index in [4.69, 9.17) is 30.1 Å². The van der Waals surface area contributed by atoms with Crippen molar-refractivity contribution in [3.63, 3.8) is 0 Å². The Balaban J connectivity index is 1.83. The van der Waals surface area contributed by atoms with Crippen LogP contribution in [0.3, 0.4) is 0 Å². The number of benzene rings is 1. The van der Waals surface area contributed by atoms with Crippen LogP contribution < -0.4 is 20.9 Å². The number of ether oxygens (including phenoxy) is 2. The number of aldehydes is 1. The van der Waals surface area contributed by atoms with Crippen molar-refractivity contribution < 1.29 is 37.4 Å². The Labute approximate surface area is 222 Å². The predicted molar refractivity (Wildman–Crippen MR) is 135 cm³/mol. The molecule has 12 nitrogen and oxygen atoms in total. The third kappa shape index (κ3) is 7.17. The van der Waals surface area contributed by atoms with Crippen molar-refractivity contribution in [3.05, 3.63) is 63.4 Å². The number of carbonyl (C=O) groups excluding carboxylic acids is 1. The minimum Gasteiger partial charge on any atom is -0.413 e. The van der Waals surface area contributed by atoms with E-state index >= 15 is 4.39 Å². The van der Waals surface area contributed by atoms with Crippen molar-refractivity contribution in [1.82, 2.24) is 14.6 Å². The summed E-state index contributed by atoms with van der Waals surface area (Å²) in [6.07, 6.45) is -3.52. The van der Waals surface area contributed by atoms with Crippen LogP contribution in [0.15, 0.2) is 52.2 Å². The van der Waals surface area contributed by atoms with E-state index in [1.807, 2.05) is 11.9 Å². The lowest BCUT2D eigenvalue weighted by atomic mass is 10.1. The molecule has 7 atom stereocenters. The van der Waals surface area contributed by atoms with Gasteiger partial charge in [-0.15, -0.1) is 0 Å². The molecule has 2 aromatic rings. The second-order valence-corrected chi connectivity index (χ2v) is 11.3. The summed E-state index contributed by atoms with van der Waals surface area (Å²) in [7, 11) is -4.41. The van der Waals surface area contributed by atoms with E-state index in [1.54, 1.807) is 25.1 Å². The van der Waals surface area contributed by atoms with Crippen molar-refractivity contribution in [3.8, 4) is 5.75 Å². The predicted octanol–water partition coefficient (Wildman–Crippen LogP) is 2.27. The lowest BCUT2D eigenvalue weighted by Crippen LogP contribution is -2.48. The quantitative estimate of drug-likeness (QED) is 0.183. The average Bonchev–Trinajstić information content (AvgIpc) is 3.10. The third-order valence-corrected chi connectivity index (χ3v) is 7.89. The maximum absolute atomic E-state index is 15.3. The van der Waals surface area contributed by atoms with Gasteiger partial charge >= 0.3 is 13.4 Å². The molecule has 0 bridgehead atoms. The number of halogens is 2. The van der Waals surface area contributed by atoms with Crippen LogP contribution in [-0.2, 0) is 23.4 Å². The molecule has 1 aliphatic rings. The van der Waals surface area contributed by atoms with Gasteiger partial charge in [0.25, 0.3) is 10.7 Å². The molecule has 1 saturated heterocycles. The van der Waals surface area contributed by atoms with E-state index in [2.05, 4.69) is 5.09 Å². The Morgan fingerprint density at radius 3 is 2.66 bits per heavy atom. The van der Waals surface area contributed by atoms with Gasteiger partial charge in [-0.25, -0.2) is 13.8 Å². The molecule has 1 aliphatic heterocycles. The molecule has 1 aromatic carbocycles. The van der Waals surface area contributed by atoms with Crippen LogP contribution in [-0.4, -0.2) is 63.1 Å². The van der Waals surface area contributed by atoms with Crippen LogP contribution in [0.5, 0.6) is 5.75 Å². The summed E-state index contributed by atoms with van der Waals surface area (Å²) in [6, 6.07) is 8.87. The van der Waals surface area contributed by atoms with Crippen molar-refractivity contribution in [1.29, 1.82) is 0 Å². The van der Waals surface area contributed by atoms with Crippen LogP contribution >= 0.6 is 19.3 Å². The molecule has 0 saturated carbocycles. The maximum Gasteiger partial charge on any atom is 0.459 e. The molecular formula is C23H30ClFN3O9P. The van der Waals surface area contributed by atoms with Gasteiger partial charge in [0, 0.05) is 12.3 Å². The van der Waals surface area contributed by atoms with E-state index in [0.717, 1.165) is 12.3 Å². The van der Waals surface area contributed by atoms with Gasteiger partial charge in [-0.3, -0.25) is 18.9 Å². The zero-order chi connectivity index (χ0) is 28.1. The minimum absolute atomic E-state index is 0.127. The number of aromatic amines is 1. The second-order valence-electron chi connectivity index (χ2n) is 9.04. The summed E-state index contributed by atoms with van der Waals surface area (Å²) in [5.41, 5.74) is -3.28. The monoisotopic (exact) mass is 577 g/mol. The summed E-state index contributed by atoms with van der Waals surface area (Å²) < 4.78 is 51.9. The van der Waals surface area contributed by atoms with E-state index in [-0.39, 0.29) is 18.5 Å². The van der Waals surface area contributed by atoms with E-state index < -0.39 is 54.7 Å². The number of rotatable bonds is 13.